The average Bonchev–Trinajstić information content (AvgIpc) is 2.33. The van der Waals surface area contributed by atoms with Gasteiger partial charge in [-0.1, -0.05) is 24.4 Å². The summed E-state index contributed by atoms with van der Waals surface area (Å²) in [5, 5.41) is 0. The number of hydrogen-bond donors (Lipinski definition) is 1. The molecular weight excluding hydrogens is 234 g/mol. The van der Waals surface area contributed by atoms with Gasteiger partial charge >= 0.3 is 0 Å². The molecule has 0 saturated carbocycles. The third kappa shape index (κ3) is 3.17. The molecule has 1 atom stereocenters. The van der Waals surface area contributed by atoms with Crippen LogP contribution >= 0.6 is 12.2 Å². The van der Waals surface area contributed by atoms with Gasteiger partial charge in [0, 0.05) is 12.2 Å². The van der Waals surface area contributed by atoms with E-state index in [-0.39, 0.29) is 6.10 Å². The summed E-state index contributed by atoms with van der Waals surface area (Å²) in [6, 6.07) is 5.81. The number of aryl methyl sites for hydroxylation is 1. The van der Waals surface area contributed by atoms with Crippen LogP contribution in [0.2, 0.25) is 0 Å². The van der Waals surface area contributed by atoms with Crippen molar-refractivity contribution in [2.24, 2.45) is 5.73 Å². The number of thiocarbonyl (C=S) groups is 1. The average molecular weight is 251 g/mol. The van der Waals surface area contributed by atoms with Crippen molar-refractivity contribution in [1.29, 1.82) is 0 Å². The molecule has 0 spiro atoms. The van der Waals surface area contributed by atoms with Gasteiger partial charge in [-0.25, -0.2) is 0 Å². The van der Waals surface area contributed by atoms with Crippen molar-refractivity contribution in [2.75, 3.05) is 13.2 Å². The van der Waals surface area contributed by atoms with Crippen LogP contribution in [0.5, 0.6) is 5.75 Å². The molecule has 4 heteroatoms. The van der Waals surface area contributed by atoms with Gasteiger partial charge in [-0.3, -0.25) is 0 Å². The Bertz CT molecular complexity index is 414. The van der Waals surface area contributed by atoms with E-state index in [1.807, 2.05) is 25.1 Å². The van der Waals surface area contributed by atoms with E-state index in [4.69, 9.17) is 27.4 Å². The molecule has 0 bridgehead atoms. The van der Waals surface area contributed by atoms with Crippen molar-refractivity contribution >= 4 is 17.2 Å². The Labute approximate surface area is 107 Å². The van der Waals surface area contributed by atoms with Crippen LogP contribution in [-0.2, 0) is 4.74 Å². The predicted molar refractivity (Wildman–Crippen MR) is 71.5 cm³/mol. The third-order valence-electron chi connectivity index (χ3n) is 2.88. The van der Waals surface area contributed by atoms with Crippen LogP contribution in [0.1, 0.15) is 24.0 Å². The molecule has 1 heterocycles. The molecule has 1 saturated heterocycles. The number of rotatable bonds is 3. The van der Waals surface area contributed by atoms with E-state index >= 15 is 0 Å². The normalized spacial score (nSPS) is 19.9. The fourth-order valence-electron chi connectivity index (χ4n) is 1.86. The highest BCUT2D eigenvalue weighted by Gasteiger charge is 2.16. The number of ether oxygens (including phenoxy) is 2. The van der Waals surface area contributed by atoms with Crippen LogP contribution in [0.3, 0.4) is 0 Å². The van der Waals surface area contributed by atoms with E-state index in [0.717, 1.165) is 36.3 Å². The smallest absolute Gasteiger partial charge is 0.123 e. The molecule has 3 nitrogen and oxygen atoms in total. The minimum Gasteiger partial charge on any atom is -0.488 e. The fraction of sp³-hybridized carbons (Fsp3) is 0.462. The monoisotopic (exact) mass is 251 g/mol. The van der Waals surface area contributed by atoms with Crippen molar-refractivity contribution in [2.45, 2.75) is 25.9 Å². The standard InChI is InChI=1S/C13H17NO2S/c1-9-4-5-10(13(14)17)7-12(9)16-11-3-2-6-15-8-11/h4-5,7,11H,2-3,6,8H2,1H3,(H2,14,17). The van der Waals surface area contributed by atoms with E-state index in [2.05, 4.69) is 0 Å². The molecule has 2 N–H and O–H groups in total. The lowest BCUT2D eigenvalue weighted by molar-refractivity contribution is 0.00715. The van der Waals surface area contributed by atoms with Crippen LogP contribution in [0.4, 0.5) is 0 Å². The van der Waals surface area contributed by atoms with E-state index in [1.54, 1.807) is 0 Å². The highest BCUT2D eigenvalue weighted by Crippen LogP contribution is 2.23. The molecule has 1 fully saturated rings. The molecule has 0 aromatic heterocycles. The van der Waals surface area contributed by atoms with Gasteiger partial charge in [-0.2, -0.15) is 0 Å². The van der Waals surface area contributed by atoms with Gasteiger partial charge in [-0.05, 0) is 31.4 Å². The van der Waals surface area contributed by atoms with Crippen molar-refractivity contribution in [1.82, 2.24) is 0 Å². The number of nitrogens with two attached hydrogens (primary N) is 1. The zero-order chi connectivity index (χ0) is 12.3. The van der Waals surface area contributed by atoms with Crippen LogP contribution in [0.15, 0.2) is 18.2 Å². The molecule has 0 amide bonds. The Hall–Kier alpha value is -1.13. The quantitative estimate of drug-likeness (QED) is 0.836. The van der Waals surface area contributed by atoms with Gasteiger partial charge in [0.15, 0.2) is 0 Å². The lowest BCUT2D eigenvalue weighted by atomic mass is 10.1. The first-order valence-corrected chi connectivity index (χ1v) is 6.22. The maximum absolute atomic E-state index is 5.94. The summed E-state index contributed by atoms with van der Waals surface area (Å²) in [6.07, 6.45) is 2.24. The van der Waals surface area contributed by atoms with Crippen molar-refractivity contribution in [3.05, 3.63) is 29.3 Å². The second-order valence-corrected chi connectivity index (χ2v) is 4.74. The second-order valence-electron chi connectivity index (χ2n) is 4.30. The molecule has 1 aliphatic rings. The minimum absolute atomic E-state index is 0.143. The van der Waals surface area contributed by atoms with Gasteiger partial charge in [0.25, 0.3) is 0 Å². The zero-order valence-electron chi connectivity index (χ0n) is 9.94. The number of benzene rings is 1. The molecule has 2 rings (SSSR count). The zero-order valence-corrected chi connectivity index (χ0v) is 10.8. The lowest BCUT2D eigenvalue weighted by Gasteiger charge is -2.24. The Morgan fingerprint density at radius 1 is 1.53 bits per heavy atom. The molecular formula is C13H17NO2S. The minimum atomic E-state index is 0.143. The van der Waals surface area contributed by atoms with Gasteiger partial charge < -0.3 is 15.2 Å². The Morgan fingerprint density at radius 3 is 3.00 bits per heavy atom. The Morgan fingerprint density at radius 2 is 2.35 bits per heavy atom. The first-order chi connectivity index (χ1) is 8.16. The highest BCUT2D eigenvalue weighted by molar-refractivity contribution is 7.80. The topological polar surface area (TPSA) is 44.5 Å². The largest absolute Gasteiger partial charge is 0.488 e. The third-order valence-corrected chi connectivity index (χ3v) is 3.12. The summed E-state index contributed by atoms with van der Waals surface area (Å²) in [6.45, 7) is 3.52. The first-order valence-electron chi connectivity index (χ1n) is 5.81. The van der Waals surface area contributed by atoms with Gasteiger partial charge in [-0.15, -0.1) is 0 Å². The molecule has 0 radical (unpaired) electrons. The second kappa shape index (κ2) is 5.47. The molecule has 1 aromatic carbocycles. The molecule has 92 valence electrons. The summed E-state index contributed by atoms with van der Waals surface area (Å²) < 4.78 is 11.3. The van der Waals surface area contributed by atoms with E-state index in [1.165, 1.54) is 0 Å². The van der Waals surface area contributed by atoms with E-state index < -0.39 is 0 Å². The van der Waals surface area contributed by atoms with Gasteiger partial charge in [0.2, 0.25) is 0 Å². The molecule has 17 heavy (non-hydrogen) atoms. The van der Waals surface area contributed by atoms with Crippen LogP contribution in [0.25, 0.3) is 0 Å². The maximum Gasteiger partial charge on any atom is 0.123 e. The summed E-state index contributed by atoms with van der Waals surface area (Å²) in [7, 11) is 0. The maximum atomic E-state index is 5.94. The Kier molecular flexibility index (Phi) is 3.97. The van der Waals surface area contributed by atoms with Crippen LogP contribution in [-0.4, -0.2) is 24.3 Å². The molecule has 1 aromatic rings. The SMILES string of the molecule is Cc1ccc(C(N)=S)cc1OC1CCCOC1. The van der Waals surface area contributed by atoms with Crippen molar-refractivity contribution in [3.63, 3.8) is 0 Å². The van der Waals surface area contributed by atoms with Crippen molar-refractivity contribution < 1.29 is 9.47 Å². The van der Waals surface area contributed by atoms with E-state index in [9.17, 15) is 0 Å². The van der Waals surface area contributed by atoms with Gasteiger partial charge in [0.1, 0.15) is 16.8 Å². The van der Waals surface area contributed by atoms with Crippen LogP contribution in [0, 0.1) is 6.92 Å². The number of hydrogen-bond acceptors (Lipinski definition) is 3. The molecule has 0 aliphatic carbocycles. The predicted octanol–water partition coefficient (Wildman–Crippen LogP) is 2.19. The fourth-order valence-corrected chi connectivity index (χ4v) is 1.99. The Balaban J connectivity index is 2.13. The summed E-state index contributed by atoms with van der Waals surface area (Å²) in [4.78, 5) is 0.398. The summed E-state index contributed by atoms with van der Waals surface area (Å²) in [5.41, 5.74) is 7.55. The summed E-state index contributed by atoms with van der Waals surface area (Å²) >= 11 is 4.97. The first kappa shape index (κ1) is 12.3. The molecule has 1 unspecified atom stereocenters. The van der Waals surface area contributed by atoms with E-state index in [0.29, 0.717) is 11.6 Å². The van der Waals surface area contributed by atoms with Gasteiger partial charge in [0.05, 0.1) is 6.61 Å². The molecule has 1 aliphatic heterocycles. The van der Waals surface area contributed by atoms with Crippen molar-refractivity contribution in [3.8, 4) is 5.75 Å². The lowest BCUT2D eigenvalue weighted by Crippen LogP contribution is -2.28. The van der Waals surface area contributed by atoms with Crippen LogP contribution < -0.4 is 10.5 Å². The summed E-state index contributed by atoms with van der Waals surface area (Å²) in [5.74, 6) is 0.853. The highest BCUT2D eigenvalue weighted by atomic mass is 32.1.